The van der Waals surface area contributed by atoms with E-state index in [9.17, 15) is 13.2 Å². The third kappa shape index (κ3) is 6.32. The Balaban J connectivity index is 0.000000483. The average molecular weight is 663 g/mol. The van der Waals surface area contributed by atoms with Gasteiger partial charge in [0.05, 0.1) is 23.6 Å². The highest BCUT2D eigenvalue weighted by atomic mass is 32.2. The second-order valence-corrected chi connectivity index (χ2v) is 13.9. The number of aromatic nitrogens is 2. The summed E-state index contributed by atoms with van der Waals surface area (Å²) in [4.78, 5) is 0. The number of nitrogens with zero attached hydrogens (tertiary/aromatic N) is 2. The Morgan fingerprint density at radius 2 is 1.47 bits per heavy atom. The highest BCUT2D eigenvalue weighted by Crippen LogP contribution is 2.39. The molecule has 0 aliphatic carbocycles. The van der Waals surface area contributed by atoms with Crippen molar-refractivity contribution < 1.29 is 35.4 Å². The molecule has 0 atom stereocenters. The summed E-state index contributed by atoms with van der Waals surface area (Å²) in [5, 5.41) is 5.31. The molecule has 47 heavy (non-hydrogen) atoms. The van der Waals surface area contributed by atoms with E-state index >= 15 is 0 Å². The van der Waals surface area contributed by atoms with Crippen molar-refractivity contribution >= 4 is 42.7 Å². The molecule has 6 nitrogen and oxygen atoms in total. The minimum absolute atomic E-state index is 0.0938. The zero-order valence-electron chi connectivity index (χ0n) is 27.4. The second-order valence-electron chi connectivity index (χ2n) is 12.5. The minimum Gasteiger partial charge on any atom is -0.741 e. The fraction of sp³-hybridized carbons (Fsp3) is 0.270. The maximum atomic E-state index is 10.7. The zero-order chi connectivity index (χ0) is 34.5. The summed E-state index contributed by atoms with van der Waals surface area (Å²) < 4.78 is 69.2. The second kappa shape index (κ2) is 12.3. The van der Waals surface area contributed by atoms with E-state index in [1.165, 1.54) is 60.5 Å². The van der Waals surface area contributed by atoms with Crippen molar-refractivity contribution in [1.29, 1.82) is 0 Å². The van der Waals surface area contributed by atoms with Gasteiger partial charge in [-0.3, -0.25) is 0 Å². The van der Waals surface area contributed by atoms with Crippen molar-refractivity contribution in [2.75, 3.05) is 7.11 Å². The molecule has 0 radical (unpaired) electrons. The molecule has 0 bridgehead atoms. The monoisotopic (exact) mass is 662 g/mol. The molecule has 0 spiro atoms. The first-order valence-corrected chi connectivity index (χ1v) is 16.6. The lowest BCUT2D eigenvalue weighted by Crippen LogP contribution is -2.32. The number of rotatable bonds is 4. The first-order valence-electron chi connectivity index (χ1n) is 15.1. The molecule has 0 saturated heterocycles. The Hall–Kier alpha value is -4.41. The summed E-state index contributed by atoms with van der Waals surface area (Å²) in [6.45, 7) is 14.7. The summed E-state index contributed by atoms with van der Waals surface area (Å²) in [6, 6.07) is 28.5. The number of hydrogen-bond donors (Lipinski definition) is 0. The highest BCUT2D eigenvalue weighted by Gasteiger charge is 2.37. The van der Waals surface area contributed by atoms with Crippen LogP contribution < -0.4 is 9.30 Å². The Labute approximate surface area is 272 Å². The van der Waals surface area contributed by atoms with Crippen LogP contribution in [-0.2, 0) is 22.1 Å². The number of alkyl halides is 3. The molecule has 10 heteroatoms. The van der Waals surface area contributed by atoms with Gasteiger partial charge in [-0.15, -0.1) is 0 Å². The smallest absolute Gasteiger partial charge is 0.485 e. The fourth-order valence-electron chi connectivity index (χ4n) is 6.13. The van der Waals surface area contributed by atoms with Gasteiger partial charge >= 0.3 is 5.51 Å². The quantitative estimate of drug-likeness (QED) is 0.107. The maximum Gasteiger partial charge on any atom is 0.485 e. The number of halogens is 3. The predicted octanol–water partition coefficient (Wildman–Crippen LogP) is 8.89. The van der Waals surface area contributed by atoms with Gasteiger partial charge in [-0.2, -0.15) is 17.7 Å². The number of pyridine rings is 1. The van der Waals surface area contributed by atoms with Crippen LogP contribution in [0.25, 0.3) is 49.5 Å². The predicted molar refractivity (Wildman–Crippen MR) is 180 cm³/mol. The number of hydrogen-bond acceptors (Lipinski definition) is 4. The van der Waals surface area contributed by atoms with E-state index in [2.05, 4.69) is 124 Å². The number of aryl methyl sites for hydroxylation is 3. The van der Waals surface area contributed by atoms with E-state index in [1.54, 1.807) is 7.11 Å². The highest BCUT2D eigenvalue weighted by molar-refractivity contribution is 7.86. The molecule has 2 heterocycles. The molecule has 4 aromatic carbocycles. The number of methoxy groups -OCH3 is 1. The molecule has 0 fully saturated rings. The lowest BCUT2D eigenvalue weighted by Gasteiger charge is -2.19. The summed E-state index contributed by atoms with van der Waals surface area (Å²) in [6.07, 6.45) is 2.34. The molecule has 0 unspecified atom stereocenters. The standard InChI is InChI=1S/C36H37N2O.CHF3O3S/c1-8-37-32-19-14-26(36(4,5)6)20-30(32)34-23(2)31-22-38(27-15-17-28(39-7)18-16-27)33(25-12-10-9-11-13-25)21-29(31)24(3)35(34)37;2-1(3,4)8(5,6)7/h9-22H,8H2,1-7H3;(H,5,6,7)/q+1;/p-1. The molecule has 0 amide bonds. The van der Waals surface area contributed by atoms with E-state index in [-0.39, 0.29) is 5.41 Å². The molecular weight excluding hydrogens is 625 g/mol. The van der Waals surface area contributed by atoms with E-state index in [0.29, 0.717) is 0 Å². The summed E-state index contributed by atoms with van der Waals surface area (Å²) >= 11 is 0. The molecule has 0 aliphatic heterocycles. The Morgan fingerprint density at radius 3 is 2.00 bits per heavy atom. The molecule has 0 N–H and O–H groups in total. The van der Waals surface area contributed by atoms with E-state index < -0.39 is 15.6 Å². The zero-order valence-corrected chi connectivity index (χ0v) is 28.2. The Bertz CT molecular complexity index is 2220. The topological polar surface area (TPSA) is 75.2 Å². The van der Waals surface area contributed by atoms with Gasteiger partial charge in [0.1, 0.15) is 12.3 Å². The first-order chi connectivity index (χ1) is 22.0. The Morgan fingerprint density at radius 1 is 0.851 bits per heavy atom. The van der Waals surface area contributed by atoms with Crippen molar-refractivity contribution in [1.82, 2.24) is 4.57 Å². The van der Waals surface area contributed by atoms with Gasteiger partial charge in [0.2, 0.25) is 11.0 Å². The molecule has 2 aromatic heterocycles. The van der Waals surface area contributed by atoms with Crippen LogP contribution in [0.2, 0.25) is 0 Å². The number of fused-ring (bicyclic) bond motifs is 4. The van der Waals surface area contributed by atoms with Crippen LogP contribution >= 0.6 is 0 Å². The van der Waals surface area contributed by atoms with Crippen molar-refractivity contribution in [3.05, 3.63) is 102 Å². The van der Waals surface area contributed by atoms with Gasteiger partial charge in [0.25, 0.3) is 0 Å². The third-order valence-electron chi connectivity index (χ3n) is 8.58. The average Bonchev–Trinajstić information content (AvgIpc) is 3.36. The van der Waals surface area contributed by atoms with Crippen molar-refractivity contribution in [2.45, 2.75) is 59.0 Å². The van der Waals surface area contributed by atoms with Crippen LogP contribution in [0.4, 0.5) is 13.2 Å². The van der Waals surface area contributed by atoms with E-state index in [1.807, 2.05) is 12.1 Å². The lowest BCUT2D eigenvalue weighted by molar-refractivity contribution is -0.640. The van der Waals surface area contributed by atoms with Crippen molar-refractivity contribution in [3.8, 4) is 22.7 Å². The number of benzene rings is 4. The summed E-state index contributed by atoms with van der Waals surface area (Å²) in [5.41, 5.74) is 4.62. The normalized spacial score (nSPS) is 12.4. The van der Waals surface area contributed by atoms with Crippen molar-refractivity contribution in [2.24, 2.45) is 0 Å². The first kappa shape index (κ1) is 33.9. The van der Waals surface area contributed by atoms with Crippen LogP contribution in [0.15, 0.2) is 85.1 Å². The molecule has 6 aromatic rings. The van der Waals surface area contributed by atoms with Gasteiger partial charge in [-0.05, 0) is 84.7 Å². The Kier molecular flexibility index (Phi) is 8.89. The van der Waals surface area contributed by atoms with Gasteiger partial charge in [-0.25, -0.2) is 8.42 Å². The SMILES string of the molecule is CC[n+]1c2ccc(C(C)(C)C)cc2c2c(C)c3cn(-c4ccc(OC)cc4)c(-c4ccccc4)cc3c(C)c21.O=S(=O)([O-])C(F)(F)F. The van der Waals surface area contributed by atoms with Crippen LogP contribution in [0.1, 0.15) is 44.4 Å². The molecule has 246 valence electrons. The van der Waals surface area contributed by atoms with E-state index in [4.69, 9.17) is 17.7 Å². The third-order valence-corrected chi connectivity index (χ3v) is 9.14. The number of ether oxygens (including phenoxy) is 1. The largest absolute Gasteiger partial charge is 0.741 e. The van der Waals surface area contributed by atoms with Crippen LogP contribution in [-0.4, -0.2) is 30.2 Å². The van der Waals surface area contributed by atoms with Gasteiger partial charge in [0, 0.05) is 28.9 Å². The van der Waals surface area contributed by atoms with Crippen LogP contribution in [0.3, 0.4) is 0 Å². The maximum absolute atomic E-state index is 10.7. The molecular formula is C37H37F3N2O4S. The summed E-state index contributed by atoms with van der Waals surface area (Å²) in [7, 11) is -4.38. The van der Waals surface area contributed by atoms with E-state index in [0.717, 1.165) is 18.0 Å². The van der Waals surface area contributed by atoms with Crippen LogP contribution in [0, 0.1) is 13.8 Å². The van der Waals surface area contributed by atoms with Gasteiger partial charge in [-0.1, -0.05) is 57.2 Å². The van der Waals surface area contributed by atoms with Gasteiger partial charge < -0.3 is 13.9 Å². The molecule has 0 aliphatic rings. The molecule has 0 saturated carbocycles. The summed E-state index contributed by atoms with van der Waals surface area (Å²) in [5.74, 6) is 0.858. The van der Waals surface area contributed by atoms with Crippen LogP contribution in [0.5, 0.6) is 5.75 Å². The van der Waals surface area contributed by atoms with Crippen molar-refractivity contribution in [3.63, 3.8) is 0 Å². The van der Waals surface area contributed by atoms with Gasteiger partial charge in [0.15, 0.2) is 10.1 Å². The molecule has 6 rings (SSSR count). The minimum atomic E-state index is -6.09. The fourth-order valence-corrected chi connectivity index (χ4v) is 6.13. The lowest BCUT2D eigenvalue weighted by atomic mass is 9.86.